The Morgan fingerprint density at radius 1 is 1.30 bits per heavy atom. The smallest absolute Gasteiger partial charge is 0.249 e. The van der Waals surface area contributed by atoms with Crippen LogP contribution < -0.4 is 5.32 Å². The summed E-state index contributed by atoms with van der Waals surface area (Å²) in [6.07, 6.45) is 0.332. The summed E-state index contributed by atoms with van der Waals surface area (Å²) < 4.78 is 14.2. The normalized spacial score (nSPS) is 10.7. The van der Waals surface area contributed by atoms with Crippen LogP contribution in [0.5, 0.6) is 0 Å². The molecule has 0 bridgehead atoms. The summed E-state index contributed by atoms with van der Waals surface area (Å²) in [4.78, 5) is 17.4. The van der Waals surface area contributed by atoms with Gasteiger partial charge in [0, 0.05) is 13.0 Å². The number of rotatable bonds is 5. The maximum absolute atomic E-state index is 12.9. The predicted molar refractivity (Wildman–Crippen MR) is 88.0 cm³/mol. The highest BCUT2D eigenvalue weighted by Gasteiger charge is 2.16. The molecule has 0 aliphatic rings. The topological polar surface area (TPSA) is 59.8 Å². The van der Waals surface area contributed by atoms with E-state index in [9.17, 15) is 9.18 Å². The zero-order valence-corrected chi connectivity index (χ0v) is 13.3. The number of halogens is 1. The zero-order valence-electron chi connectivity index (χ0n) is 12.5. The number of nitrogens with zero attached hydrogens (tertiary/aromatic N) is 3. The fourth-order valence-electron chi connectivity index (χ4n) is 2.04. The molecule has 7 heteroatoms. The Morgan fingerprint density at radius 2 is 2.09 bits per heavy atom. The average Bonchev–Trinajstić information content (AvgIpc) is 3.23. The van der Waals surface area contributed by atoms with E-state index in [-0.39, 0.29) is 11.7 Å². The van der Waals surface area contributed by atoms with Crippen molar-refractivity contribution in [1.82, 2.24) is 14.8 Å². The Hall–Kier alpha value is -2.54. The second kappa shape index (κ2) is 6.70. The van der Waals surface area contributed by atoms with E-state index < -0.39 is 0 Å². The van der Waals surface area contributed by atoms with Crippen molar-refractivity contribution in [2.24, 2.45) is 0 Å². The van der Waals surface area contributed by atoms with Gasteiger partial charge in [-0.1, -0.05) is 25.1 Å². The molecule has 0 atom stereocenters. The minimum absolute atomic E-state index is 0.137. The van der Waals surface area contributed by atoms with E-state index in [1.165, 1.54) is 28.2 Å². The van der Waals surface area contributed by atoms with Crippen molar-refractivity contribution in [2.45, 2.75) is 19.9 Å². The predicted octanol–water partition coefficient (Wildman–Crippen LogP) is 3.81. The summed E-state index contributed by atoms with van der Waals surface area (Å²) in [6.45, 7) is 2.21. The van der Waals surface area contributed by atoms with E-state index in [2.05, 4.69) is 15.4 Å². The minimum atomic E-state index is -0.280. The standard InChI is InChI=1S/C16H15FN4OS/c1-2-14(22)21-16(18-10-11-5-7-12(17)8-6-11)19-15(20-21)13-4-3-9-23-13/h3-9H,2,10H2,1H3,(H,18,19,20). The second-order valence-electron chi connectivity index (χ2n) is 4.88. The number of aromatic nitrogens is 3. The summed E-state index contributed by atoms with van der Waals surface area (Å²) in [7, 11) is 0. The molecule has 5 nitrogen and oxygen atoms in total. The van der Waals surface area contributed by atoms with E-state index in [0.29, 0.717) is 24.7 Å². The van der Waals surface area contributed by atoms with Crippen LogP contribution in [0.1, 0.15) is 23.7 Å². The maximum atomic E-state index is 12.9. The van der Waals surface area contributed by atoms with Gasteiger partial charge >= 0.3 is 0 Å². The molecule has 2 heterocycles. The number of nitrogens with one attached hydrogen (secondary N) is 1. The van der Waals surface area contributed by atoms with Gasteiger partial charge in [-0.15, -0.1) is 16.4 Å². The number of hydrogen-bond acceptors (Lipinski definition) is 5. The van der Waals surface area contributed by atoms with Crippen LogP contribution in [0.4, 0.5) is 10.3 Å². The van der Waals surface area contributed by atoms with E-state index in [1.807, 2.05) is 17.5 Å². The molecular weight excluding hydrogens is 315 g/mol. The molecule has 0 aliphatic carbocycles. The lowest BCUT2D eigenvalue weighted by molar-refractivity contribution is 0.0895. The van der Waals surface area contributed by atoms with E-state index >= 15 is 0 Å². The van der Waals surface area contributed by atoms with Gasteiger partial charge in [-0.25, -0.2) is 4.39 Å². The highest BCUT2D eigenvalue weighted by molar-refractivity contribution is 7.13. The monoisotopic (exact) mass is 330 g/mol. The van der Waals surface area contributed by atoms with Crippen LogP contribution in [0.2, 0.25) is 0 Å². The van der Waals surface area contributed by atoms with E-state index in [0.717, 1.165) is 10.4 Å². The Morgan fingerprint density at radius 3 is 2.74 bits per heavy atom. The maximum Gasteiger partial charge on any atom is 0.249 e. The van der Waals surface area contributed by atoms with E-state index in [4.69, 9.17) is 0 Å². The van der Waals surface area contributed by atoms with Gasteiger partial charge in [0.15, 0.2) is 5.82 Å². The Bertz CT molecular complexity index is 796. The van der Waals surface area contributed by atoms with Crippen molar-refractivity contribution in [3.8, 4) is 10.7 Å². The summed E-state index contributed by atoms with van der Waals surface area (Å²) in [6, 6.07) is 9.99. The van der Waals surface area contributed by atoms with Crippen LogP contribution in [-0.4, -0.2) is 20.7 Å². The van der Waals surface area contributed by atoms with Gasteiger partial charge in [0.1, 0.15) is 5.82 Å². The van der Waals surface area contributed by atoms with Crippen molar-refractivity contribution in [3.63, 3.8) is 0 Å². The summed E-state index contributed by atoms with van der Waals surface area (Å²) in [5.74, 6) is 0.493. The molecule has 3 rings (SSSR count). The summed E-state index contributed by atoms with van der Waals surface area (Å²) in [5, 5.41) is 9.32. The van der Waals surface area contributed by atoms with Crippen LogP contribution in [-0.2, 0) is 6.54 Å². The van der Waals surface area contributed by atoms with Crippen molar-refractivity contribution < 1.29 is 9.18 Å². The molecule has 2 aromatic heterocycles. The van der Waals surface area contributed by atoms with Crippen LogP contribution >= 0.6 is 11.3 Å². The highest BCUT2D eigenvalue weighted by Crippen LogP contribution is 2.23. The van der Waals surface area contributed by atoms with Crippen LogP contribution in [0.25, 0.3) is 10.7 Å². The molecule has 0 amide bonds. The molecule has 0 saturated carbocycles. The Kier molecular flexibility index (Phi) is 4.47. The minimum Gasteiger partial charge on any atom is -0.350 e. The first kappa shape index (κ1) is 15.4. The second-order valence-corrected chi connectivity index (χ2v) is 5.82. The van der Waals surface area contributed by atoms with Gasteiger partial charge in [-0.05, 0) is 29.1 Å². The fraction of sp³-hybridized carbons (Fsp3) is 0.188. The Balaban J connectivity index is 1.84. The highest BCUT2D eigenvalue weighted by atomic mass is 32.1. The number of anilines is 1. The molecule has 1 N–H and O–H groups in total. The summed E-state index contributed by atoms with van der Waals surface area (Å²) >= 11 is 1.51. The fourth-order valence-corrected chi connectivity index (χ4v) is 2.70. The van der Waals surface area contributed by atoms with Crippen molar-refractivity contribution in [1.29, 1.82) is 0 Å². The number of carbonyl (C=O) groups is 1. The van der Waals surface area contributed by atoms with E-state index in [1.54, 1.807) is 19.1 Å². The first-order valence-electron chi connectivity index (χ1n) is 7.20. The number of benzene rings is 1. The third-order valence-electron chi connectivity index (χ3n) is 3.25. The first-order chi connectivity index (χ1) is 11.2. The lowest BCUT2D eigenvalue weighted by atomic mass is 10.2. The van der Waals surface area contributed by atoms with Gasteiger partial charge in [0.05, 0.1) is 4.88 Å². The number of carbonyl (C=O) groups excluding carboxylic acids is 1. The van der Waals surface area contributed by atoms with Crippen LogP contribution in [0, 0.1) is 5.82 Å². The average molecular weight is 330 g/mol. The quantitative estimate of drug-likeness (QED) is 0.773. The van der Waals surface area contributed by atoms with Gasteiger partial charge in [0.25, 0.3) is 0 Å². The number of thiophene rings is 1. The lowest BCUT2D eigenvalue weighted by Crippen LogP contribution is -2.15. The van der Waals surface area contributed by atoms with Gasteiger partial charge in [-0.3, -0.25) is 4.79 Å². The third kappa shape index (κ3) is 3.45. The molecule has 0 radical (unpaired) electrons. The lowest BCUT2D eigenvalue weighted by Gasteiger charge is -2.06. The van der Waals surface area contributed by atoms with Gasteiger partial charge < -0.3 is 5.32 Å². The molecule has 118 valence electrons. The van der Waals surface area contributed by atoms with Gasteiger partial charge in [0.2, 0.25) is 11.9 Å². The molecule has 0 saturated heterocycles. The SMILES string of the molecule is CCC(=O)n1nc(-c2cccs2)nc1NCc1ccc(F)cc1. The van der Waals surface area contributed by atoms with Crippen LogP contribution in [0.15, 0.2) is 41.8 Å². The molecule has 0 spiro atoms. The van der Waals surface area contributed by atoms with Crippen molar-refractivity contribution >= 4 is 23.2 Å². The zero-order chi connectivity index (χ0) is 16.2. The first-order valence-corrected chi connectivity index (χ1v) is 8.08. The van der Waals surface area contributed by atoms with Crippen LogP contribution in [0.3, 0.4) is 0 Å². The third-order valence-corrected chi connectivity index (χ3v) is 4.12. The molecule has 1 aromatic carbocycles. The summed E-state index contributed by atoms with van der Waals surface area (Å²) in [5.41, 5.74) is 0.891. The molecule has 0 unspecified atom stereocenters. The van der Waals surface area contributed by atoms with Crippen molar-refractivity contribution in [2.75, 3.05) is 5.32 Å². The molecule has 0 aliphatic heterocycles. The molecule has 0 fully saturated rings. The molecular formula is C16H15FN4OS. The Labute approximate surface area is 136 Å². The van der Waals surface area contributed by atoms with Crippen molar-refractivity contribution in [3.05, 3.63) is 53.2 Å². The number of hydrogen-bond donors (Lipinski definition) is 1. The largest absolute Gasteiger partial charge is 0.350 e. The molecule has 3 aromatic rings. The molecule has 23 heavy (non-hydrogen) atoms. The van der Waals surface area contributed by atoms with Gasteiger partial charge in [-0.2, -0.15) is 9.67 Å².